The highest BCUT2D eigenvalue weighted by Crippen LogP contribution is 2.61. The third-order valence-corrected chi connectivity index (χ3v) is 7.00. The smallest absolute Gasteiger partial charge is 0.249 e. The molecule has 7 rings (SSSR count). The molecule has 2 bridgehead atoms. The van der Waals surface area contributed by atoms with Gasteiger partial charge in [0.1, 0.15) is 6.04 Å². The summed E-state index contributed by atoms with van der Waals surface area (Å²) in [6.45, 7) is 0. The molecule has 0 unspecified atom stereocenters. The quantitative estimate of drug-likeness (QED) is 0.756. The molecule has 144 valence electrons. The molecule has 2 aromatic carbocycles. The molecule has 0 saturated carbocycles. The highest BCUT2D eigenvalue weighted by Gasteiger charge is 2.63. The second-order valence-electron chi connectivity index (χ2n) is 8.28. The van der Waals surface area contributed by atoms with Crippen LogP contribution in [0.25, 0.3) is 0 Å². The van der Waals surface area contributed by atoms with Crippen LogP contribution >= 0.6 is 0 Å². The summed E-state index contributed by atoms with van der Waals surface area (Å²) in [6, 6.07) is 15.2. The Morgan fingerprint density at radius 2 is 1.17 bits per heavy atom. The third-order valence-electron chi connectivity index (χ3n) is 7.00. The van der Waals surface area contributed by atoms with Crippen LogP contribution in [0.4, 0.5) is 0 Å². The van der Waals surface area contributed by atoms with E-state index in [-0.39, 0.29) is 42.4 Å². The minimum absolute atomic E-state index is 0.135. The Morgan fingerprint density at radius 1 is 0.724 bits per heavy atom. The number of amides is 4. The van der Waals surface area contributed by atoms with E-state index >= 15 is 0 Å². The van der Waals surface area contributed by atoms with Gasteiger partial charge in [0.05, 0.1) is 11.8 Å². The third kappa shape index (κ3) is 2.01. The van der Waals surface area contributed by atoms with Gasteiger partial charge >= 0.3 is 0 Å². The van der Waals surface area contributed by atoms with Gasteiger partial charge < -0.3 is 0 Å². The molecule has 2 saturated heterocycles. The SMILES string of the molecule is O=C1CC[C@@H](N2C(=O)[C@H]3C4c5ccccc5C(c5ccccc54)[C@@H]3C2=O)C(=O)N1. The maximum absolute atomic E-state index is 13.5. The molecule has 3 atom stereocenters. The van der Waals surface area contributed by atoms with E-state index in [0.717, 1.165) is 27.2 Å². The fourth-order valence-corrected chi connectivity index (χ4v) is 5.94. The van der Waals surface area contributed by atoms with E-state index in [0.29, 0.717) is 0 Å². The maximum Gasteiger partial charge on any atom is 0.249 e. The zero-order chi connectivity index (χ0) is 19.9. The van der Waals surface area contributed by atoms with E-state index in [1.165, 1.54) is 0 Å². The first-order valence-electron chi connectivity index (χ1n) is 9.96. The summed E-state index contributed by atoms with van der Waals surface area (Å²) in [4.78, 5) is 52.2. The largest absolute Gasteiger partial charge is 0.295 e. The van der Waals surface area contributed by atoms with Gasteiger partial charge in [0, 0.05) is 18.3 Å². The zero-order valence-corrected chi connectivity index (χ0v) is 15.5. The number of likely N-dealkylation sites (tertiary alicyclic amines) is 1. The van der Waals surface area contributed by atoms with Gasteiger partial charge in [0.2, 0.25) is 23.6 Å². The van der Waals surface area contributed by atoms with Gasteiger partial charge in [-0.1, -0.05) is 48.5 Å². The Labute approximate surface area is 166 Å². The van der Waals surface area contributed by atoms with Crippen LogP contribution in [-0.4, -0.2) is 34.6 Å². The molecule has 3 aliphatic carbocycles. The topological polar surface area (TPSA) is 83.6 Å². The molecular weight excluding hydrogens is 368 g/mol. The predicted molar refractivity (Wildman–Crippen MR) is 102 cm³/mol. The van der Waals surface area contributed by atoms with Crippen LogP contribution in [0.5, 0.6) is 0 Å². The minimum Gasteiger partial charge on any atom is -0.295 e. The Hall–Kier alpha value is -3.28. The zero-order valence-electron chi connectivity index (χ0n) is 15.5. The number of imide groups is 2. The van der Waals surface area contributed by atoms with Gasteiger partial charge in [0.25, 0.3) is 0 Å². The summed E-state index contributed by atoms with van der Waals surface area (Å²) < 4.78 is 0. The average molecular weight is 386 g/mol. The van der Waals surface area contributed by atoms with E-state index in [9.17, 15) is 19.2 Å². The number of rotatable bonds is 1. The molecule has 2 aliphatic heterocycles. The van der Waals surface area contributed by atoms with Crippen molar-refractivity contribution in [2.24, 2.45) is 11.8 Å². The first kappa shape index (κ1) is 16.7. The molecular formula is C23H18N2O4. The highest BCUT2D eigenvalue weighted by molar-refractivity contribution is 6.12. The maximum atomic E-state index is 13.5. The molecule has 2 heterocycles. The number of nitrogens with one attached hydrogen (secondary N) is 1. The van der Waals surface area contributed by atoms with Crippen LogP contribution in [-0.2, 0) is 19.2 Å². The van der Waals surface area contributed by atoms with Gasteiger partial charge in [-0.3, -0.25) is 29.4 Å². The van der Waals surface area contributed by atoms with E-state index in [1.54, 1.807) is 0 Å². The molecule has 2 fully saturated rings. The fraction of sp³-hybridized carbons (Fsp3) is 0.304. The Kier molecular flexibility index (Phi) is 3.23. The fourth-order valence-electron chi connectivity index (χ4n) is 5.94. The summed E-state index contributed by atoms with van der Waals surface area (Å²) in [5.41, 5.74) is 4.40. The summed E-state index contributed by atoms with van der Waals surface area (Å²) in [5, 5.41) is 2.28. The van der Waals surface area contributed by atoms with Gasteiger partial charge in [-0.05, 0) is 28.7 Å². The van der Waals surface area contributed by atoms with Crippen molar-refractivity contribution in [2.45, 2.75) is 30.7 Å². The number of piperidine rings is 1. The predicted octanol–water partition coefficient (Wildman–Crippen LogP) is 1.68. The van der Waals surface area contributed by atoms with Crippen LogP contribution in [0.2, 0.25) is 0 Å². The molecule has 0 spiro atoms. The van der Waals surface area contributed by atoms with Gasteiger partial charge in [0.15, 0.2) is 0 Å². The van der Waals surface area contributed by atoms with E-state index in [2.05, 4.69) is 5.32 Å². The number of carbonyl (C=O) groups excluding carboxylic acids is 4. The lowest BCUT2D eigenvalue weighted by atomic mass is 9.55. The van der Waals surface area contributed by atoms with Crippen LogP contribution in [0.3, 0.4) is 0 Å². The standard InChI is InChI=1S/C23H18N2O4/c26-16-10-9-15(21(27)24-16)25-22(28)19-17-11-5-1-2-6-12(11)18(20(19)23(25)29)14-8-4-3-7-13(14)17/h1-8,15,17-20H,9-10H2,(H,24,26,27)/t15-,17?,18?,19+,20+/m1/s1. The van der Waals surface area contributed by atoms with Gasteiger partial charge in [-0.2, -0.15) is 0 Å². The molecule has 0 aromatic heterocycles. The Balaban J connectivity index is 1.51. The van der Waals surface area contributed by atoms with Crippen molar-refractivity contribution in [3.8, 4) is 0 Å². The van der Waals surface area contributed by atoms with Crippen LogP contribution < -0.4 is 5.32 Å². The van der Waals surface area contributed by atoms with Crippen molar-refractivity contribution in [3.63, 3.8) is 0 Å². The molecule has 0 radical (unpaired) electrons. The molecule has 2 aromatic rings. The number of hydrogen-bond acceptors (Lipinski definition) is 4. The number of benzene rings is 2. The second kappa shape index (κ2) is 5.63. The van der Waals surface area contributed by atoms with Crippen LogP contribution in [0.15, 0.2) is 48.5 Å². The number of hydrogen-bond donors (Lipinski definition) is 1. The lowest BCUT2D eigenvalue weighted by molar-refractivity contribution is -0.151. The normalized spacial score (nSPS) is 32.0. The average Bonchev–Trinajstić information content (AvgIpc) is 2.99. The van der Waals surface area contributed by atoms with E-state index < -0.39 is 23.8 Å². The van der Waals surface area contributed by atoms with Crippen molar-refractivity contribution in [1.82, 2.24) is 10.2 Å². The first-order valence-corrected chi connectivity index (χ1v) is 9.96. The molecule has 6 heteroatoms. The first-order chi connectivity index (χ1) is 14.1. The molecule has 29 heavy (non-hydrogen) atoms. The Morgan fingerprint density at radius 3 is 1.59 bits per heavy atom. The summed E-state index contributed by atoms with van der Waals surface area (Å²) in [7, 11) is 0. The van der Waals surface area contributed by atoms with E-state index in [4.69, 9.17) is 0 Å². The van der Waals surface area contributed by atoms with Crippen molar-refractivity contribution in [2.75, 3.05) is 0 Å². The minimum atomic E-state index is -0.899. The Bertz CT molecular complexity index is 1010. The summed E-state index contributed by atoms with van der Waals surface area (Å²) >= 11 is 0. The second-order valence-corrected chi connectivity index (χ2v) is 8.28. The van der Waals surface area contributed by atoms with Gasteiger partial charge in [-0.25, -0.2) is 0 Å². The highest BCUT2D eigenvalue weighted by atomic mass is 16.2. The molecule has 5 aliphatic rings. The number of nitrogens with zero attached hydrogens (tertiary/aromatic N) is 1. The van der Waals surface area contributed by atoms with Crippen LogP contribution in [0, 0.1) is 11.8 Å². The monoisotopic (exact) mass is 386 g/mol. The lowest BCUT2D eigenvalue weighted by Crippen LogP contribution is -2.54. The molecule has 4 amide bonds. The van der Waals surface area contributed by atoms with Crippen molar-refractivity contribution in [3.05, 3.63) is 70.8 Å². The van der Waals surface area contributed by atoms with Gasteiger partial charge in [-0.15, -0.1) is 0 Å². The van der Waals surface area contributed by atoms with Crippen molar-refractivity contribution < 1.29 is 19.2 Å². The number of carbonyl (C=O) groups is 4. The molecule has 1 N–H and O–H groups in total. The molecule has 6 nitrogen and oxygen atoms in total. The van der Waals surface area contributed by atoms with Crippen LogP contribution in [0.1, 0.15) is 46.9 Å². The summed E-state index contributed by atoms with van der Waals surface area (Å²) in [6.07, 6.45) is 0.326. The van der Waals surface area contributed by atoms with E-state index in [1.807, 2.05) is 48.5 Å². The van der Waals surface area contributed by atoms with Crippen molar-refractivity contribution >= 4 is 23.6 Å². The van der Waals surface area contributed by atoms with Crippen molar-refractivity contribution in [1.29, 1.82) is 0 Å². The summed E-state index contributed by atoms with van der Waals surface area (Å²) in [5.74, 6) is -2.85. The lowest BCUT2D eigenvalue weighted by Gasteiger charge is -2.45.